The van der Waals surface area contributed by atoms with E-state index in [9.17, 15) is 4.79 Å². The second-order valence-electron chi connectivity index (χ2n) is 4.40. The van der Waals surface area contributed by atoms with E-state index in [1.807, 2.05) is 6.92 Å². The highest BCUT2D eigenvalue weighted by atomic mass is 35.5. The Morgan fingerprint density at radius 2 is 2.26 bits per heavy atom. The zero-order valence-electron chi connectivity index (χ0n) is 11.0. The number of nitrogens with zero attached hydrogens (tertiary/aromatic N) is 2. The Morgan fingerprint density at radius 1 is 1.53 bits per heavy atom. The summed E-state index contributed by atoms with van der Waals surface area (Å²) in [6.45, 7) is 5.93. The standard InChI is InChI=1S/C13H18ClN3O2/c1-2-7-19-13(18)10-8-11(14)12(16-9-10)17-5-3-15-4-6-17/h8-9,15H,2-7H2,1H3. The van der Waals surface area contributed by atoms with E-state index in [2.05, 4.69) is 15.2 Å². The number of esters is 1. The quantitative estimate of drug-likeness (QED) is 0.853. The van der Waals surface area contributed by atoms with Crippen LogP contribution >= 0.6 is 11.6 Å². The summed E-state index contributed by atoms with van der Waals surface area (Å²) in [5, 5.41) is 3.76. The van der Waals surface area contributed by atoms with Gasteiger partial charge in [-0.05, 0) is 12.5 Å². The molecule has 5 nitrogen and oxygen atoms in total. The van der Waals surface area contributed by atoms with Gasteiger partial charge in [-0.15, -0.1) is 0 Å². The van der Waals surface area contributed by atoms with Gasteiger partial charge in [0.15, 0.2) is 0 Å². The Bertz CT molecular complexity index is 448. The van der Waals surface area contributed by atoms with Crippen molar-refractivity contribution in [3.05, 3.63) is 22.8 Å². The third kappa shape index (κ3) is 3.58. The Morgan fingerprint density at radius 3 is 2.89 bits per heavy atom. The van der Waals surface area contributed by atoms with Crippen LogP contribution in [0.15, 0.2) is 12.3 Å². The Hall–Kier alpha value is -1.33. The maximum atomic E-state index is 11.7. The first kappa shape index (κ1) is 14.1. The lowest BCUT2D eigenvalue weighted by Gasteiger charge is -2.29. The van der Waals surface area contributed by atoms with Crippen LogP contribution in [0.3, 0.4) is 0 Å². The van der Waals surface area contributed by atoms with E-state index in [0.717, 1.165) is 38.4 Å². The van der Waals surface area contributed by atoms with Crippen molar-refractivity contribution in [3.63, 3.8) is 0 Å². The minimum Gasteiger partial charge on any atom is -0.462 e. The van der Waals surface area contributed by atoms with Gasteiger partial charge in [0.05, 0.1) is 17.2 Å². The van der Waals surface area contributed by atoms with Crippen LogP contribution in [0.5, 0.6) is 0 Å². The number of hydrogen-bond donors (Lipinski definition) is 1. The maximum absolute atomic E-state index is 11.7. The first-order chi connectivity index (χ1) is 9.22. The number of rotatable bonds is 4. The lowest BCUT2D eigenvalue weighted by Crippen LogP contribution is -2.44. The largest absolute Gasteiger partial charge is 0.462 e. The molecule has 1 fully saturated rings. The molecule has 1 aliphatic rings. The molecule has 2 heterocycles. The Labute approximate surface area is 117 Å². The van der Waals surface area contributed by atoms with Gasteiger partial charge in [0.1, 0.15) is 5.82 Å². The maximum Gasteiger partial charge on any atom is 0.339 e. The molecule has 19 heavy (non-hydrogen) atoms. The molecule has 0 unspecified atom stereocenters. The van der Waals surface area contributed by atoms with Crippen LogP contribution in [-0.2, 0) is 4.74 Å². The molecule has 0 amide bonds. The van der Waals surface area contributed by atoms with Crippen LogP contribution in [0.25, 0.3) is 0 Å². The summed E-state index contributed by atoms with van der Waals surface area (Å²) in [5.74, 6) is 0.360. The van der Waals surface area contributed by atoms with E-state index < -0.39 is 0 Å². The molecule has 1 N–H and O–H groups in total. The van der Waals surface area contributed by atoms with Crippen molar-refractivity contribution in [1.29, 1.82) is 0 Å². The van der Waals surface area contributed by atoms with E-state index in [-0.39, 0.29) is 5.97 Å². The smallest absolute Gasteiger partial charge is 0.339 e. The van der Waals surface area contributed by atoms with Crippen LogP contribution in [0.4, 0.5) is 5.82 Å². The van der Waals surface area contributed by atoms with Gasteiger partial charge in [0, 0.05) is 32.4 Å². The summed E-state index contributed by atoms with van der Waals surface area (Å²) in [6, 6.07) is 1.63. The van der Waals surface area contributed by atoms with Gasteiger partial charge in [0.2, 0.25) is 0 Å². The molecule has 0 spiro atoms. The molecule has 0 bridgehead atoms. The summed E-state index contributed by atoms with van der Waals surface area (Å²) >= 11 is 6.21. The van der Waals surface area contributed by atoms with E-state index in [4.69, 9.17) is 16.3 Å². The van der Waals surface area contributed by atoms with Gasteiger partial charge in [-0.1, -0.05) is 18.5 Å². The molecule has 1 saturated heterocycles. The second-order valence-corrected chi connectivity index (χ2v) is 4.81. The summed E-state index contributed by atoms with van der Waals surface area (Å²) in [7, 11) is 0. The molecule has 0 saturated carbocycles. The normalized spacial score (nSPS) is 15.4. The molecular formula is C13H18ClN3O2. The van der Waals surface area contributed by atoms with Gasteiger partial charge in [0.25, 0.3) is 0 Å². The topological polar surface area (TPSA) is 54.5 Å². The van der Waals surface area contributed by atoms with Crippen LogP contribution in [0.1, 0.15) is 23.7 Å². The second kappa shape index (κ2) is 6.73. The first-order valence-corrected chi connectivity index (χ1v) is 6.88. The summed E-state index contributed by atoms with van der Waals surface area (Å²) in [4.78, 5) is 18.1. The highest BCUT2D eigenvalue weighted by molar-refractivity contribution is 6.33. The Kier molecular flexibility index (Phi) is 4.99. The number of piperazine rings is 1. The van der Waals surface area contributed by atoms with E-state index in [1.165, 1.54) is 6.20 Å². The molecule has 1 aromatic rings. The van der Waals surface area contributed by atoms with Gasteiger partial charge in [-0.3, -0.25) is 0 Å². The number of pyridine rings is 1. The lowest BCUT2D eigenvalue weighted by atomic mass is 10.2. The van der Waals surface area contributed by atoms with Crippen LogP contribution in [-0.4, -0.2) is 43.7 Å². The van der Waals surface area contributed by atoms with Crippen LogP contribution in [0, 0.1) is 0 Å². The lowest BCUT2D eigenvalue weighted by molar-refractivity contribution is 0.0504. The molecule has 0 aromatic carbocycles. The minimum absolute atomic E-state index is 0.372. The van der Waals surface area contributed by atoms with Crippen molar-refractivity contribution in [2.45, 2.75) is 13.3 Å². The van der Waals surface area contributed by atoms with Crippen molar-refractivity contribution in [3.8, 4) is 0 Å². The molecule has 2 rings (SSSR count). The van der Waals surface area contributed by atoms with Crippen molar-refractivity contribution >= 4 is 23.4 Å². The van der Waals surface area contributed by atoms with Gasteiger partial charge >= 0.3 is 5.97 Å². The number of hydrogen-bond acceptors (Lipinski definition) is 5. The molecule has 1 aliphatic heterocycles. The number of nitrogens with one attached hydrogen (secondary N) is 1. The number of carbonyl (C=O) groups excluding carboxylic acids is 1. The molecule has 0 aliphatic carbocycles. The molecule has 6 heteroatoms. The van der Waals surface area contributed by atoms with E-state index in [0.29, 0.717) is 17.2 Å². The molecule has 0 radical (unpaired) electrons. The third-order valence-corrected chi connectivity index (χ3v) is 3.19. The van der Waals surface area contributed by atoms with Crippen LogP contribution in [0.2, 0.25) is 5.02 Å². The van der Waals surface area contributed by atoms with Gasteiger partial charge in [-0.2, -0.15) is 0 Å². The van der Waals surface area contributed by atoms with Crippen molar-refractivity contribution in [2.75, 3.05) is 37.7 Å². The molecule has 0 atom stereocenters. The SMILES string of the molecule is CCCOC(=O)c1cnc(N2CCNCC2)c(Cl)c1. The van der Waals surface area contributed by atoms with Crippen molar-refractivity contribution in [1.82, 2.24) is 10.3 Å². The number of anilines is 1. The fourth-order valence-corrected chi connectivity index (χ4v) is 2.22. The predicted octanol–water partition coefficient (Wildman–Crippen LogP) is 1.71. The average molecular weight is 284 g/mol. The van der Waals surface area contributed by atoms with Gasteiger partial charge in [-0.25, -0.2) is 9.78 Å². The fraction of sp³-hybridized carbons (Fsp3) is 0.538. The first-order valence-electron chi connectivity index (χ1n) is 6.50. The number of halogens is 1. The monoisotopic (exact) mass is 283 g/mol. The zero-order chi connectivity index (χ0) is 13.7. The third-order valence-electron chi connectivity index (χ3n) is 2.91. The fourth-order valence-electron chi connectivity index (χ4n) is 1.93. The number of ether oxygens (including phenoxy) is 1. The summed E-state index contributed by atoms with van der Waals surface area (Å²) < 4.78 is 5.06. The molecule has 1 aromatic heterocycles. The summed E-state index contributed by atoms with van der Waals surface area (Å²) in [5.41, 5.74) is 0.400. The molecule has 104 valence electrons. The zero-order valence-corrected chi connectivity index (χ0v) is 11.7. The minimum atomic E-state index is -0.372. The van der Waals surface area contributed by atoms with E-state index >= 15 is 0 Å². The summed E-state index contributed by atoms with van der Waals surface area (Å²) in [6.07, 6.45) is 2.33. The van der Waals surface area contributed by atoms with Crippen molar-refractivity contribution < 1.29 is 9.53 Å². The van der Waals surface area contributed by atoms with E-state index in [1.54, 1.807) is 6.07 Å². The highest BCUT2D eigenvalue weighted by Gasteiger charge is 2.17. The predicted molar refractivity (Wildman–Crippen MR) is 74.9 cm³/mol. The highest BCUT2D eigenvalue weighted by Crippen LogP contribution is 2.24. The molecular weight excluding hydrogens is 266 g/mol. The average Bonchev–Trinajstić information content (AvgIpc) is 2.45. The number of aromatic nitrogens is 1. The van der Waals surface area contributed by atoms with Crippen LogP contribution < -0.4 is 10.2 Å². The number of carbonyl (C=O) groups is 1. The Balaban J connectivity index is 2.10. The van der Waals surface area contributed by atoms with Gasteiger partial charge < -0.3 is 15.0 Å². The van der Waals surface area contributed by atoms with Crippen molar-refractivity contribution in [2.24, 2.45) is 0 Å².